The zero-order valence-corrected chi connectivity index (χ0v) is 17.2. The van der Waals surface area contributed by atoms with Crippen LogP contribution in [0, 0.1) is 0 Å². The minimum absolute atomic E-state index is 0.0326. The number of carbonyl (C=O) groups is 2. The van der Waals surface area contributed by atoms with Crippen molar-refractivity contribution in [1.82, 2.24) is 19.6 Å². The highest BCUT2D eigenvalue weighted by Gasteiger charge is 2.20. The van der Waals surface area contributed by atoms with Gasteiger partial charge in [-0.15, -0.1) is 0 Å². The normalized spacial score (nSPS) is 14.7. The van der Waals surface area contributed by atoms with E-state index >= 15 is 0 Å². The number of piperazine rings is 1. The van der Waals surface area contributed by atoms with E-state index < -0.39 is 0 Å². The summed E-state index contributed by atoms with van der Waals surface area (Å²) in [4.78, 5) is 29.4. The molecule has 1 N–H and O–H groups in total. The monoisotopic (exact) mass is 407 g/mol. The second-order valence-electron chi connectivity index (χ2n) is 7.43. The fourth-order valence-corrected chi connectivity index (χ4v) is 3.65. The molecule has 4 rings (SSSR count). The number of hydrogen-bond donors (Lipinski definition) is 1. The largest absolute Gasteiger partial charge is 0.496 e. The number of fused-ring (bicyclic) bond motifs is 1. The lowest BCUT2D eigenvalue weighted by molar-refractivity contribution is -0.133. The van der Waals surface area contributed by atoms with Gasteiger partial charge in [-0.1, -0.05) is 24.3 Å². The second-order valence-corrected chi connectivity index (χ2v) is 7.43. The van der Waals surface area contributed by atoms with Gasteiger partial charge in [-0.3, -0.25) is 14.3 Å². The van der Waals surface area contributed by atoms with Gasteiger partial charge in [-0.25, -0.2) is 0 Å². The summed E-state index contributed by atoms with van der Waals surface area (Å²) in [6.07, 6.45) is 3.23. The molecule has 156 valence electrons. The summed E-state index contributed by atoms with van der Waals surface area (Å²) < 4.78 is 6.95. The van der Waals surface area contributed by atoms with Crippen LogP contribution in [-0.4, -0.2) is 71.7 Å². The number of benzene rings is 2. The molecule has 0 saturated carbocycles. The van der Waals surface area contributed by atoms with Gasteiger partial charge in [0.2, 0.25) is 5.91 Å². The molecule has 0 bridgehead atoms. The highest BCUT2D eigenvalue weighted by Crippen LogP contribution is 2.28. The van der Waals surface area contributed by atoms with Gasteiger partial charge in [0.15, 0.2) is 0 Å². The average molecular weight is 407 g/mol. The molecule has 0 radical (unpaired) electrons. The Morgan fingerprint density at radius 3 is 2.53 bits per heavy atom. The van der Waals surface area contributed by atoms with Crippen molar-refractivity contribution < 1.29 is 14.3 Å². The van der Waals surface area contributed by atoms with E-state index in [9.17, 15) is 9.59 Å². The van der Waals surface area contributed by atoms with E-state index in [0.29, 0.717) is 11.3 Å². The quantitative estimate of drug-likeness (QED) is 0.701. The Morgan fingerprint density at radius 1 is 1.07 bits per heavy atom. The predicted octanol–water partition coefficient (Wildman–Crippen LogP) is 2.07. The molecule has 1 aliphatic heterocycles. The van der Waals surface area contributed by atoms with Crippen LogP contribution >= 0.6 is 0 Å². The summed E-state index contributed by atoms with van der Waals surface area (Å²) in [5.41, 5.74) is 1.10. The lowest BCUT2D eigenvalue weighted by Gasteiger charge is -2.32. The number of hydrogen-bond acceptors (Lipinski definition) is 5. The topological polar surface area (TPSA) is 79.7 Å². The van der Waals surface area contributed by atoms with Crippen molar-refractivity contribution in [2.75, 3.05) is 45.7 Å². The van der Waals surface area contributed by atoms with E-state index in [1.54, 1.807) is 36.3 Å². The number of anilines is 1. The van der Waals surface area contributed by atoms with Gasteiger partial charge in [0.1, 0.15) is 12.3 Å². The van der Waals surface area contributed by atoms with Crippen molar-refractivity contribution in [2.24, 2.45) is 0 Å². The van der Waals surface area contributed by atoms with Crippen LogP contribution in [0.4, 0.5) is 5.69 Å². The van der Waals surface area contributed by atoms with Crippen LogP contribution in [-0.2, 0) is 11.3 Å². The van der Waals surface area contributed by atoms with Crippen LogP contribution in [0.3, 0.4) is 0 Å². The third-order valence-electron chi connectivity index (χ3n) is 5.39. The minimum atomic E-state index is -0.237. The van der Waals surface area contributed by atoms with Gasteiger partial charge in [0.05, 0.1) is 19.0 Å². The summed E-state index contributed by atoms with van der Waals surface area (Å²) >= 11 is 0. The van der Waals surface area contributed by atoms with E-state index in [1.165, 1.54) is 0 Å². The van der Waals surface area contributed by atoms with Crippen LogP contribution < -0.4 is 10.1 Å². The Balaban J connectivity index is 1.45. The summed E-state index contributed by atoms with van der Waals surface area (Å²) in [5, 5.41) is 8.79. The number of carbonyl (C=O) groups excluding carboxylic acids is 2. The van der Waals surface area contributed by atoms with Crippen molar-refractivity contribution in [3.63, 3.8) is 0 Å². The van der Waals surface area contributed by atoms with Crippen LogP contribution in [0.5, 0.6) is 5.75 Å². The zero-order valence-electron chi connectivity index (χ0n) is 17.2. The Bertz CT molecular complexity index is 1070. The highest BCUT2D eigenvalue weighted by atomic mass is 16.5. The molecule has 0 unspecified atom stereocenters. The molecule has 1 saturated heterocycles. The summed E-state index contributed by atoms with van der Waals surface area (Å²) in [5.74, 6) is 0.515. The maximum absolute atomic E-state index is 12.9. The number of methoxy groups -OCH3 is 1. The number of aromatic nitrogens is 2. The molecule has 0 spiro atoms. The molecule has 2 amide bonds. The first kappa shape index (κ1) is 19.9. The second kappa shape index (κ2) is 8.54. The van der Waals surface area contributed by atoms with Crippen molar-refractivity contribution in [2.45, 2.75) is 6.54 Å². The minimum Gasteiger partial charge on any atom is -0.496 e. The van der Waals surface area contributed by atoms with E-state index in [1.807, 2.05) is 29.2 Å². The smallest absolute Gasteiger partial charge is 0.256 e. The molecule has 1 aromatic heterocycles. The first-order valence-corrected chi connectivity index (χ1v) is 9.91. The zero-order chi connectivity index (χ0) is 21.1. The number of amides is 2. The van der Waals surface area contributed by atoms with Gasteiger partial charge in [-0.05, 0) is 24.6 Å². The fourth-order valence-electron chi connectivity index (χ4n) is 3.65. The van der Waals surface area contributed by atoms with Gasteiger partial charge in [-0.2, -0.15) is 5.10 Å². The Kier molecular flexibility index (Phi) is 5.67. The molecule has 0 aliphatic carbocycles. The van der Waals surface area contributed by atoms with Crippen molar-refractivity contribution in [3.05, 3.63) is 54.4 Å². The molecule has 1 fully saturated rings. The van der Waals surface area contributed by atoms with Crippen molar-refractivity contribution in [1.29, 1.82) is 0 Å². The van der Waals surface area contributed by atoms with Crippen LogP contribution in [0.25, 0.3) is 10.8 Å². The van der Waals surface area contributed by atoms with Crippen LogP contribution in [0.1, 0.15) is 10.4 Å². The molecule has 8 nitrogen and oxygen atoms in total. The number of nitrogens with zero attached hydrogens (tertiary/aromatic N) is 4. The molecule has 2 aromatic carbocycles. The Hall–Kier alpha value is -3.39. The third kappa shape index (κ3) is 4.13. The molecule has 30 heavy (non-hydrogen) atoms. The standard InChI is InChI=1S/C22H25N5O3/c1-25-9-11-26(12-10-25)21(28)15-27-14-16(13-23-27)24-22(29)19-7-8-20(30-2)18-6-4-3-5-17(18)19/h3-8,13-14H,9-12,15H2,1-2H3,(H,24,29). The fraction of sp³-hybridized carbons (Fsp3) is 0.318. The Labute approximate surface area is 175 Å². The van der Waals surface area contributed by atoms with Crippen LogP contribution in [0.15, 0.2) is 48.8 Å². The number of likely N-dealkylation sites (N-methyl/N-ethyl adjacent to an activating group) is 1. The first-order chi connectivity index (χ1) is 14.5. The molecular formula is C22H25N5O3. The molecule has 2 heterocycles. The first-order valence-electron chi connectivity index (χ1n) is 9.91. The predicted molar refractivity (Wildman–Crippen MR) is 115 cm³/mol. The SMILES string of the molecule is COc1ccc(C(=O)Nc2cnn(CC(=O)N3CCN(C)CC3)c2)c2ccccc12. The lowest BCUT2D eigenvalue weighted by atomic mass is 10.0. The van der Waals surface area contributed by atoms with E-state index in [0.717, 1.165) is 42.7 Å². The molecule has 3 aromatic rings. The van der Waals surface area contributed by atoms with E-state index in [4.69, 9.17) is 4.74 Å². The van der Waals surface area contributed by atoms with E-state index in [-0.39, 0.29) is 18.4 Å². The number of nitrogens with one attached hydrogen (secondary N) is 1. The number of rotatable bonds is 5. The Morgan fingerprint density at radius 2 is 1.80 bits per heavy atom. The summed E-state index contributed by atoms with van der Waals surface area (Å²) in [6, 6.07) is 11.2. The average Bonchev–Trinajstić information content (AvgIpc) is 3.19. The van der Waals surface area contributed by atoms with Crippen LogP contribution in [0.2, 0.25) is 0 Å². The number of ether oxygens (including phenoxy) is 1. The van der Waals surface area contributed by atoms with Gasteiger partial charge < -0.3 is 19.9 Å². The lowest BCUT2D eigenvalue weighted by Crippen LogP contribution is -2.48. The summed E-state index contributed by atoms with van der Waals surface area (Å²) in [7, 11) is 3.66. The van der Waals surface area contributed by atoms with Gasteiger partial charge >= 0.3 is 0 Å². The van der Waals surface area contributed by atoms with Gasteiger partial charge in [0, 0.05) is 43.3 Å². The molecule has 1 aliphatic rings. The third-order valence-corrected chi connectivity index (χ3v) is 5.39. The van der Waals surface area contributed by atoms with E-state index in [2.05, 4.69) is 22.4 Å². The molecule has 8 heteroatoms. The molecular weight excluding hydrogens is 382 g/mol. The van der Waals surface area contributed by atoms with Crippen molar-refractivity contribution >= 4 is 28.3 Å². The maximum atomic E-state index is 12.9. The van der Waals surface area contributed by atoms with Crippen molar-refractivity contribution in [3.8, 4) is 5.75 Å². The molecule has 0 atom stereocenters. The maximum Gasteiger partial charge on any atom is 0.256 e. The highest BCUT2D eigenvalue weighted by molar-refractivity contribution is 6.13. The summed E-state index contributed by atoms with van der Waals surface area (Å²) in [6.45, 7) is 3.37. The van der Waals surface area contributed by atoms with Gasteiger partial charge in [0.25, 0.3) is 5.91 Å².